The molecule has 1 aliphatic heterocycles. The third-order valence-electron chi connectivity index (χ3n) is 3.56. The summed E-state index contributed by atoms with van der Waals surface area (Å²) in [5, 5.41) is 3.28. The Morgan fingerprint density at radius 3 is 2.68 bits per heavy atom. The van der Waals surface area contributed by atoms with Gasteiger partial charge >= 0.3 is 0 Å². The summed E-state index contributed by atoms with van der Waals surface area (Å²) in [5.41, 5.74) is 8.37. The number of likely N-dealkylation sites (N-methyl/N-ethyl adjacent to an activating group) is 1. The highest BCUT2D eigenvalue weighted by atomic mass is 15.5. The van der Waals surface area contributed by atoms with Crippen LogP contribution in [0.1, 0.15) is 6.92 Å². The zero-order chi connectivity index (χ0) is 13.9. The van der Waals surface area contributed by atoms with Crippen LogP contribution in [0.3, 0.4) is 0 Å². The van der Waals surface area contributed by atoms with E-state index in [2.05, 4.69) is 30.9 Å². The van der Waals surface area contributed by atoms with Gasteiger partial charge in [0.05, 0.1) is 7.05 Å². The number of rotatable bonds is 3. The minimum Gasteiger partial charge on any atom is -0.340 e. The number of nitrogens with two attached hydrogens (primary N) is 1. The van der Waals surface area contributed by atoms with Crippen molar-refractivity contribution in [3.05, 3.63) is 54.8 Å². The summed E-state index contributed by atoms with van der Waals surface area (Å²) in [6, 6.07) is 9.96. The van der Waals surface area contributed by atoms with E-state index in [0.29, 0.717) is 4.48 Å². The van der Waals surface area contributed by atoms with Gasteiger partial charge in [-0.1, -0.05) is 24.8 Å². The number of nitrogens with zero attached hydrogens (tertiary/aromatic N) is 2. The lowest BCUT2D eigenvalue weighted by Gasteiger charge is -2.39. The van der Waals surface area contributed by atoms with Gasteiger partial charge in [-0.05, 0) is 18.2 Å². The van der Waals surface area contributed by atoms with E-state index < -0.39 is 0 Å². The lowest BCUT2D eigenvalue weighted by molar-refractivity contribution is -0.891. The molecular weight excluding hydrogens is 236 g/mol. The van der Waals surface area contributed by atoms with Crippen LogP contribution in [0, 0.1) is 0 Å². The topological polar surface area (TPSA) is 50.4 Å². The number of aliphatic imine (C=N–C) groups is 1. The number of quaternary nitrogens is 1. The molecule has 4 heteroatoms. The summed E-state index contributed by atoms with van der Waals surface area (Å²) < 4.78 is 0.573. The zero-order valence-corrected chi connectivity index (χ0v) is 11.5. The molecule has 1 aliphatic rings. The monoisotopic (exact) mass is 257 g/mol. The number of amidine groups is 1. The quantitative estimate of drug-likeness (QED) is 0.645. The fraction of sp³-hybridized carbons (Fsp3) is 0.267. The summed E-state index contributed by atoms with van der Waals surface area (Å²) in [7, 11) is 2.07. The van der Waals surface area contributed by atoms with E-state index in [0.717, 1.165) is 18.1 Å². The molecule has 2 atom stereocenters. The highest BCUT2D eigenvalue weighted by Gasteiger charge is 2.34. The van der Waals surface area contributed by atoms with E-state index in [1.54, 1.807) is 0 Å². The molecule has 0 fully saturated rings. The second-order valence-corrected chi connectivity index (χ2v) is 4.94. The van der Waals surface area contributed by atoms with E-state index in [1.165, 1.54) is 5.70 Å². The van der Waals surface area contributed by atoms with Crippen molar-refractivity contribution in [2.75, 3.05) is 18.9 Å². The third kappa shape index (κ3) is 2.75. The fourth-order valence-corrected chi connectivity index (χ4v) is 2.12. The van der Waals surface area contributed by atoms with Gasteiger partial charge in [-0.3, -0.25) is 10.2 Å². The van der Waals surface area contributed by atoms with Crippen LogP contribution < -0.4 is 11.1 Å². The van der Waals surface area contributed by atoms with Gasteiger partial charge in [0.15, 0.2) is 0 Å². The van der Waals surface area contributed by atoms with Crippen molar-refractivity contribution < 1.29 is 4.48 Å². The molecule has 3 N–H and O–H groups in total. The molecule has 0 amide bonds. The molecule has 4 nitrogen and oxygen atoms in total. The molecule has 0 saturated heterocycles. The summed E-state index contributed by atoms with van der Waals surface area (Å²) in [5.74, 6) is 0.802. The molecule has 2 unspecified atom stereocenters. The predicted octanol–water partition coefficient (Wildman–Crippen LogP) is 2.29. The Labute approximate surface area is 114 Å². The summed E-state index contributed by atoms with van der Waals surface area (Å²) in [6.45, 7) is 6.64. The number of benzene rings is 1. The van der Waals surface area contributed by atoms with E-state index in [4.69, 9.17) is 5.73 Å². The molecular formula is C15H21N4+. The van der Waals surface area contributed by atoms with E-state index in [1.807, 2.05) is 42.5 Å². The first-order chi connectivity index (χ1) is 9.06. The Morgan fingerprint density at radius 1 is 1.42 bits per heavy atom. The van der Waals surface area contributed by atoms with Crippen LogP contribution in [0.25, 0.3) is 0 Å². The minimum atomic E-state index is -0.311. The fourth-order valence-electron chi connectivity index (χ4n) is 2.12. The second-order valence-electron chi connectivity index (χ2n) is 4.94. The van der Waals surface area contributed by atoms with Crippen molar-refractivity contribution in [2.45, 2.75) is 13.2 Å². The van der Waals surface area contributed by atoms with Gasteiger partial charge in [-0.2, -0.15) is 4.99 Å². The van der Waals surface area contributed by atoms with Crippen LogP contribution in [-0.2, 0) is 0 Å². The van der Waals surface area contributed by atoms with Gasteiger partial charge < -0.3 is 5.32 Å². The third-order valence-corrected chi connectivity index (χ3v) is 3.56. The van der Waals surface area contributed by atoms with E-state index in [-0.39, 0.29) is 6.29 Å². The molecule has 1 aromatic rings. The van der Waals surface area contributed by atoms with Crippen LogP contribution >= 0.6 is 0 Å². The highest BCUT2D eigenvalue weighted by Crippen LogP contribution is 2.22. The largest absolute Gasteiger partial charge is 0.340 e. The van der Waals surface area contributed by atoms with Crippen LogP contribution in [0.15, 0.2) is 59.8 Å². The molecule has 1 aromatic carbocycles. The summed E-state index contributed by atoms with van der Waals surface area (Å²) >= 11 is 0. The van der Waals surface area contributed by atoms with Crippen molar-refractivity contribution in [3.8, 4) is 0 Å². The first-order valence-corrected chi connectivity index (χ1v) is 6.36. The van der Waals surface area contributed by atoms with Crippen molar-refractivity contribution in [1.29, 1.82) is 0 Å². The first kappa shape index (κ1) is 13.5. The maximum absolute atomic E-state index is 6.19. The molecule has 1 heterocycles. The standard InChI is InChI=1S/C15H21N4/c1-4-10-19(3)12(2)11-14(18-15(19)16)17-13-8-6-5-7-9-13/h4-9,11,15H,1,10,16H2,2-3H3,(H,17,18)/q+1. The molecule has 0 aliphatic carbocycles. The Kier molecular flexibility index (Phi) is 3.83. The normalized spacial score (nSPS) is 26.4. The molecule has 0 aromatic heterocycles. The Balaban J connectivity index is 2.20. The Morgan fingerprint density at radius 2 is 2.11 bits per heavy atom. The van der Waals surface area contributed by atoms with Crippen molar-refractivity contribution in [3.63, 3.8) is 0 Å². The van der Waals surface area contributed by atoms with Crippen molar-refractivity contribution >= 4 is 11.5 Å². The summed E-state index contributed by atoms with van der Waals surface area (Å²) in [6.07, 6.45) is 3.61. The number of nitrogens with one attached hydrogen (secondary N) is 1. The second kappa shape index (κ2) is 5.38. The molecule has 0 radical (unpaired) electrons. The number of allylic oxidation sites excluding steroid dienone is 1. The van der Waals surface area contributed by atoms with Crippen molar-refractivity contribution in [2.24, 2.45) is 10.7 Å². The van der Waals surface area contributed by atoms with Gasteiger partial charge in [0.25, 0.3) is 0 Å². The van der Waals surface area contributed by atoms with Gasteiger partial charge in [0, 0.05) is 18.7 Å². The van der Waals surface area contributed by atoms with Crippen LogP contribution in [0.5, 0.6) is 0 Å². The van der Waals surface area contributed by atoms with E-state index >= 15 is 0 Å². The minimum absolute atomic E-state index is 0.311. The lowest BCUT2D eigenvalue weighted by Crippen LogP contribution is -2.56. The molecule has 19 heavy (non-hydrogen) atoms. The zero-order valence-electron chi connectivity index (χ0n) is 11.5. The number of hydrogen-bond acceptors (Lipinski definition) is 3. The number of para-hydroxylation sites is 1. The van der Waals surface area contributed by atoms with Crippen molar-refractivity contribution in [1.82, 2.24) is 0 Å². The molecule has 2 rings (SSSR count). The Hall–Kier alpha value is -1.91. The Bertz CT molecular complexity index is 518. The maximum atomic E-state index is 6.19. The highest BCUT2D eigenvalue weighted by molar-refractivity contribution is 6.04. The molecule has 0 spiro atoms. The van der Waals surface area contributed by atoms with Crippen LogP contribution in [-0.4, -0.2) is 30.2 Å². The van der Waals surface area contributed by atoms with Gasteiger partial charge in [0.2, 0.25) is 6.29 Å². The van der Waals surface area contributed by atoms with Crippen LogP contribution in [0.4, 0.5) is 5.69 Å². The lowest BCUT2D eigenvalue weighted by atomic mass is 10.2. The number of hydrogen-bond donors (Lipinski definition) is 2. The summed E-state index contributed by atoms with van der Waals surface area (Å²) in [4.78, 5) is 4.53. The SMILES string of the molecule is C=CC[N+]1(C)C(C)=CC(Nc2ccccc2)=NC1N. The molecule has 0 bridgehead atoms. The maximum Gasteiger partial charge on any atom is 0.244 e. The predicted molar refractivity (Wildman–Crippen MR) is 80.5 cm³/mol. The van der Waals surface area contributed by atoms with Gasteiger partial charge in [-0.25, -0.2) is 0 Å². The van der Waals surface area contributed by atoms with Crippen LogP contribution in [0.2, 0.25) is 0 Å². The smallest absolute Gasteiger partial charge is 0.244 e. The van der Waals surface area contributed by atoms with Gasteiger partial charge in [0.1, 0.15) is 18.1 Å². The number of anilines is 1. The average molecular weight is 257 g/mol. The average Bonchev–Trinajstić information content (AvgIpc) is 2.38. The molecule has 100 valence electrons. The molecule has 0 saturated carbocycles. The van der Waals surface area contributed by atoms with Gasteiger partial charge in [-0.15, -0.1) is 0 Å². The first-order valence-electron chi connectivity index (χ1n) is 6.36. The van der Waals surface area contributed by atoms with E-state index in [9.17, 15) is 0 Å².